The molecule has 11 heteroatoms. The summed E-state index contributed by atoms with van der Waals surface area (Å²) in [7, 11) is 0. The highest BCUT2D eigenvalue weighted by Gasteiger charge is 2.35. The van der Waals surface area contributed by atoms with Crippen LogP contribution in [0.3, 0.4) is 0 Å². The molecule has 4 unspecified atom stereocenters. The Morgan fingerprint density at radius 2 is 2.11 bits per heavy atom. The van der Waals surface area contributed by atoms with E-state index in [1.807, 2.05) is 12.3 Å². The number of carbonyl (C=O) groups excluding carboxylic acids is 1. The Morgan fingerprint density at radius 1 is 1.31 bits per heavy atom. The summed E-state index contributed by atoms with van der Waals surface area (Å²) in [5, 5.41) is 28.2. The normalized spacial score (nSPS) is 22.6. The highest BCUT2D eigenvalue weighted by atomic mass is 16.6. The second-order valence-electron chi connectivity index (χ2n) is 9.14. The van der Waals surface area contributed by atoms with Crippen molar-refractivity contribution in [3.63, 3.8) is 0 Å². The second-order valence-corrected chi connectivity index (χ2v) is 9.14. The molecule has 0 aromatic carbocycles. The van der Waals surface area contributed by atoms with Crippen molar-refractivity contribution < 1.29 is 24.5 Å². The Kier molecular flexibility index (Phi) is 7.99. The SMILES string of the molecule is CCC(CC)Cn1ccc2cnc(Nc3cnn(CC(=O)OCC4OC(C)CC(O)C4O)c3)nc21. The van der Waals surface area contributed by atoms with Gasteiger partial charge >= 0.3 is 5.97 Å². The zero-order valence-electron chi connectivity index (χ0n) is 20.4. The Balaban J connectivity index is 1.33. The molecule has 35 heavy (non-hydrogen) atoms. The van der Waals surface area contributed by atoms with E-state index < -0.39 is 24.3 Å². The van der Waals surface area contributed by atoms with Crippen LogP contribution in [-0.2, 0) is 27.4 Å². The van der Waals surface area contributed by atoms with Gasteiger partial charge < -0.3 is 29.6 Å². The fourth-order valence-corrected chi connectivity index (χ4v) is 4.30. The van der Waals surface area contributed by atoms with Crippen LogP contribution in [0.1, 0.15) is 40.0 Å². The van der Waals surface area contributed by atoms with Crippen LogP contribution >= 0.6 is 0 Å². The predicted molar refractivity (Wildman–Crippen MR) is 129 cm³/mol. The zero-order chi connectivity index (χ0) is 24.9. The van der Waals surface area contributed by atoms with E-state index in [4.69, 9.17) is 9.47 Å². The number of nitrogens with zero attached hydrogens (tertiary/aromatic N) is 5. The summed E-state index contributed by atoms with van der Waals surface area (Å²) in [6.07, 6.45) is 6.68. The smallest absolute Gasteiger partial charge is 0.327 e. The minimum absolute atomic E-state index is 0.110. The Bertz CT molecular complexity index is 1130. The van der Waals surface area contributed by atoms with Gasteiger partial charge in [-0.15, -0.1) is 0 Å². The van der Waals surface area contributed by atoms with E-state index in [1.54, 1.807) is 25.5 Å². The predicted octanol–water partition coefficient (Wildman–Crippen LogP) is 2.25. The number of hydrogen-bond acceptors (Lipinski definition) is 9. The van der Waals surface area contributed by atoms with Gasteiger partial charge in [0.1, 0.15) is 31.0 Å². The molecule has 4 heterocycles. The maximum Gasteiger partial charge on any atom is 0.327 e. The number of anilines is 2. The van der Waals surface area contributed by atoms with E-state index >= 15 is 0 Å². The molecule has 1 fully saturated rings. The van der Waals surface area contributed by atoms with Crippen LogP contribution < -0.4 is 5.32 Å². The van der Waals surface area contributed by atoms with E-state index in [0.717, 1.165) is 30.4 Å². The number of aliphatic hydroxyl groups is 2. The quantitative estimate of drug-likeness (QED) is 0.369. The monoisotopic (exact) mass is 486 g/mol. The molecule has 1 aliphatic heterocycles. The van der Waals surface area contributed by atoms with Gasteiger partial charge in [0, 0.05) is 36.9 Å². The van der Waals surface area contributed by atoms with Gasteiger partial charge in [0.15, 0.2) is 0 Å². The van der Waals surface area contributed by atoms with Gasteiger partial charge in [-0.25, -0.2) is 4.98 Å². The first kappa shape index (κ1) is 25.1. The van der Waals surface area contributed by atoms with Gasteiger partial charge in [0.25, 0.3) is 0 Å². The Labute approximate surface area is 204 Å². The average molecular weight is 487 g/mol. The van der Waals surface area contributed by atoms with Crippen LogP contribution in [-0.4, -0.2) is 71.5 Å². The maximum atomic E-state index is 12.3. The van der Waals surface area contributed by atoms with E-state index in [9.17, 15) is 15.0 Å². The van der Waals surface area contributed by atoms with Crippen molar-refractivity contribution in [3.8, 4) is 0 Å². The van der Waals surface area contributed by atoms with E-state index in [1.165, 1.54) is 4.68 Å². The van der Waals surface area contributed by atoms with Crippen LogP contribution in [0.25, 0.3) is 11.0 Å². The molecule has 0 aliphatic carbocycles. The van der Waals surface area contributed by atoms with Crippen molar-refractivity contribution in [2.45, 2.75) is 77.5 Å². The molecule has 4 rings (SSSR count). The summed E-state index contributed by atoms with van der Waals surface area (Å²) in [5.74, 6) is 0.511. The molecule has 0 radical (unpaired) electrons. The number of carbonyl (C=O) groups is 1. The molecule has 3 aromatic rings. The van der Waals surface area contributed by atoms with Crippen molar-refractivity contribution in [3.05, 3.63) is 30.9 Å². The van der Waals surface area contributed by atoms with Gasteiger partial charge in [-0.3, -0.25) is 9.48 Å². The molecule has 0 spiro atoms. The van der Waals surface area contributed by atoms with Crippen molar-refractivity contribution >= 4 is 28.6 Å². The van der Waals surface area contributed by atoms with Gasteiger partial charge in [-0.2, -0.15) is 10.1 Å². The molecule has 0 bridgehead atoms. The van der Waals surface area contributed by atoms with E-state index in [-0.39, 0.29) is 19.3 Å². The first-order valence-electron chi connectivity index (χ1n) is 12.1. The van der Waals surface area contributed by atoms with Crippen LogP contribution in [0.15, 0.2) is 30.9 Å². The number of aliphatic hydroxyl groups excluding tert-OH is 2. The lowest BCUT2D eigenvalue weighted by molar-refractivity contribution is -0.186. The lowest BCUT2D eigenvalue weighted by atomic mass is 9.99. The third-order valence-corrected chi connectivity index (χ3v) is 6.46. The van der Waals surface area contributed by atoms with Crippen LogP contribution in [0.4, 0.5) is 11.6 Å². The summed E-state index contributed by atoms with van der Waals surface area (Å²) < 4.78 is 14.4. The molecular formula is C24H34N6O5. The number of esters is 1. The standard InChI is InChI=1S/C24H34N6O5/c1-4-16(5-2)11-29-7-6-17-9-25-24(28-23(17)29)27-18-10-26-30(12-18)13-21(32)34-14-20-22(33)19(31)8-15(3)35-20/h6-7,9-10,12,15-16,19-20,22,31,33H,4-5,8,11,13-14H2,1-3H3,(H,25,27,28). The van der Waals surface area contributed by atoms with Crippen molar-refractivity contribution in [2.75, 3.05) is 11.9 Å². The summed E-state index contributed by atoms with van der Waals surface area (Å²) >= 11 is 0. The molecule has 0 saturated carbocycles. The summed E-state index contributed by atoms with van der Waals surface area (Å²) in [6, 6.07) is 2.02. The van der Waals surface area contributed by atoms with Gasteiger partial charge in [0.05, 0.1) is 24.1 Å². The topological polar surface area (TPSA) is 137 Å². The number of aromatic nitrogens is 5. The first-order valence-corrected chi connectivity index (χ1v) is 12.1. The first-order chi connectivity index (χ1) is 16.9. The lowest BCUT2D eigenvalue weighted by Crippen LogP contribution is -2.49. The minimum atomic E-state index is -1.09. The van der Waals surface area contributed by atoms with Gasteiger partial charge in [-0.1, -0.05) is 26.7 Å². The average Bonchev–Trinajstić information content (AvgIpc) is 3.45. The van der Waals surface area contributed by atoms with Gasteiger partial charge in [-0.05, 0) is 18.9 Å². The maximum absolute atomic E-state index is 12.3. The van der Waals surface area contributed by atoms with Gasteiger partial charge in [0.2, 0.25) is 5.95 Å². The third-order valence-electron chi connectivity index (χ3n) is 6.46. The number of nitrogens with one attached hydrogen (secondary N) is 1. The number of fused-ring (bicyclic) bond motifs is 1. The molecule has 0 amide bonds. The van der Waals surface area contributed by atoms with Crippen molar-refractivity contribution in [1.29, 1.82) is 0 Å². The molecule has 1 saturated heterocycles. The largest absolute Gasteiger partial charge is 0.461 e. The van der Waals surface area contributed by atoms with Crippen molar-refractivity contribution in [2.24, 2.45) is 5.92 Å². The molecule has 11 nitrogen and oxygen atoms in total. The molecular weight excluding hydrogens is 452 g/mol. The minimum Gasteiger partial charge on any atom is -0.461 e. The van der Waals surface area contributed by atoms with Crippen LogP contribution in [0, 0.1) is 5.92 Å². The molecule has 3 N–H and O–H groups in total. The molecule has 190 valence electrons. The van der Waals surface area contributed by atoms with E-state index in [0.29, 0.717) is 24.0 Å². The number of hydrogen-bond donors (Lipinski definition) is 3. The summed E-state index contributed by atoms with van der Waals surface area (Å²) in [4.78, 5) is 21.3. The molecule has 1 aliphatic rings. The Morgan fingerprint density at radius 3 is 2.89 bits per heavy atom. The fourth-order valence-electron chi connectivity index (χ4n) is 4.30. The second kappa shape index (κ2) is 11.1. The Hall–Kier alpha value is -3.02. The summed E-state index contributed by atoms with van der Waals surface area (Å²) in [6.45, 7) is 6.86. The van der Waals surface area contributed by atoms with Crippen LogP contribution in [0.2, 0.25) is 0 Å². The highest BCUT2D eigenvalue weighted by molar-refractivity contribution is 5.76. The highest BCUT2D eigenvalue weighted by Crippen LogP contribution is 2.21. The summed E-state index contributed by atoms with van der Waals surface area (Å²) in [5.41, 5.74) is 1.51. The van der Waals surface area contributed by atoms with Crippen LogP contribution in [0.5, 0.6) is 0 Å². The van der Waals surface area contributed by atoms with E-state index in [2.05, 4.69) is 38.8 Å². The number of rotatable bonds is 10. The zero-order valence-corrected chi connectivity index (χ0v) is 20.4. The third kappa shape index (κ3) is 6.16. The number of ether oxygens (including phenoxy) is 2. The van der Waals surface area contributed by atoms with Crippen molar-refractivity contribution in [1.82, 2.24) is 24.3 Å². The molecule has 3 aromatic heterocycles. The lowest BCUT2D eigenvalue weighted by Gasteiger charge is -2.35. The molecule has 4 atom stereocenters. The fraction of sp³-hybridized carbons (Fsp3) is 0.583.